The maximum Gasteiger partial charge on any atom is 0.157 e. The smallest absolute Gasteiger partial charge is 0.157 e. The summed E-state index contributed by atoms with van der Waals surface area (Å²) in [6, 6.07) is 10.4. The highest BCUT2D eigenvalue weighted by Crippen LogP contribution is 2.34. The number of imidazole rings is 1. The van der Waals surface area contributed by atoms with E-state index in [2.05, 4.69) is 52.4 Å². The fourth-order valence-electron chi connectivity index (χ4n) is 2.76. The lowest BCUT2D eigenvalue weighted by molar-refractivity contribution is 0.962. The first-order valence-electron chi connectivity index (χ1n) is 8.52. The Balaban J connectivity index is 0.000000233. The van der Waals surface area contributed by atoms with Crippen LogP contribution >= 0.6 is 11.3 Å². The number of terminal acetylenes is 1. The molecule has 1 N–H and O–H groups in total. The molecule has 0 radical (unpaired) electrons. The minimum atomic E-state index is 0.817. The number of nitrogens with zero attached hydrogens (tertiary/aromatic N) is 3. The summed E-state index contributed by atoms with van der Waals surface area (Å²) in [5, 5.41) is 5.43. The van der Waals surface area contributed by atoms with Gasteiger partial charge in [-0.15, -0.1) is 17.8 Å². The maximum absolute atomic E-state index is 5.57. The Kier molecular flexibility index (Phi) is 4.42. The summed E-state index contributed by atoms with van der Waals surface area (Å²) in [7, 11) is 0. The number of aromatic nitrogens is 3. The van der Waals surface area contributed by atoms with Gasteiger partial charge in [0.1, 0.15) is 11.5 Å². The summed E-state index contributed by atoms with van der Waals surface area (Å²) < 4.78 is 2.01. The Bertz CT molecular complexity index is 1080. The predicted molar refractivity (Wildman–Crippen MR) is 108 cm³/mol. The molecule has 2 aliphatic carbocycles. The molecule has 5 rings (SSSR count). The molecule has 2 aliphatic rings. The minimum absolute atomic E-state index is 0.817. The van der Waals surface area contributed by atoms with E-state index in [1.54, 1.807) is 23.7 Å². The SMILES string of the molecule is C#Cc1ccsc1-c1nc2cnccn2c1NCCC.c1cc2cc-2c1. The molecule has 0 saturated carbocycles. The molecule has 0 fully saturated rings. The van der Waals surface area contributed by atoms with E-state index >= 15 is 0 Å². The molecule has 3 heterocycles. The van der Waals surface area contributed by atoms with Gasteiger partial charge in [0.15, 0.2) is 5.65 Å². The molecular formula is C21H18N4S. The quantitative estimate of drug-likeness (QED) is 0.463. The monoisotopic (exact) mass is 358 g/mol. The first-order valence-corrected chi connectivity index (χ1v) is 9.40. The number of rotatable bonds is 4. The van der Waals surface area contributed by atoms with Crippen molar-refractivity contribution in [2.75, 3.05) is 11.9 Å². The average Bonchev–Trinajstić information content (AvgIpc) is 3.07. The van der Waals surface area contributed by atoms with Gasteiger partial charge in [0, 0.05) is 24.5 Å². The van der Waals surface area contributed by atoms with Gasteiger partial charge in [-0.25, -0.2) is 4.98 Å². The summed E-state index contributed by atoms with van der Waals surface area (Å²) in [4.78, 5) is 9.82. The third-order valence-electron chi connectivity index (χ3n) is 4.12. The fraction of sp³-hybridized carbons (Fsp3) is 0.143. The van der Waals surface area contributed by atoms with Crippen LogP contribution in [0.4, 0.5) is 5.82 Å². The van der Waals surface area contributed by atoms with E-state index in [4.69, 9.17) is 6.42 Å². The predicted octanol–water partition coefficient (Wildman–Crippen LogP) is 4.93. The zero-order valence-corrected chi connectivity index (χ0v) is 15.3. The second-order valence-electron chi connectivity index (χ2n) is 5.93. The van der Waals surface area contributed by atoms with E-state index in [0.717, 1.165) is 40.6 Å². The van der Waals surface area contributed by atoms with Gasteiger partial charge >= 0.3 is 0 Å². The highest BCUT2D eigenvalue weighted by Gasteiger charge is 2.17. The normalized spacial score (nSPS) is 10.8. The lowest BCUT2D eigenvalue weighted by atomic mass is 10.2. The van der Waals surface area contributed by atoms with E-state index in [-0.39, 0.29) is 0 Å². The summed E-state index contributed by atoms with van der Waals surface area (Å²) in [5.74, 6) is 3.69. The van der Waals surface area contributed by atoms with E-state index in [1.807, 2.05) is 22.0 Å². The summed E-state index contributed by atoms with van der Waals surface area (Å²) in [5.41, 5.74) is 5.45. The molecule has 0 amide bonds. The van der Waals surface area contributed by atoms with Crippen LogP contribution in [0.5, 0.6) is 0 Å². The standard InChI is InChI=1S/C15H14N4S.C6H4/c1-3-6-17-15-13(14-11(4-2)5-9-20-14)18-12-10-16-7-8-19(12)15;1-2-5-4-6(5)3-1/h2,5,7-10,17H,3,6H2,1H3;1-4H. The van der Waals surface area contributed by atoms with Crippen molar-refractivity contribution >= 4 is 22.8 Å². The van der Waals surface area contributed by atoms with Crippen molar-refractivity contribution in [1.82, 2.24) is 14.4 Å². The van der Waals surface area contributed by atoms with E-state index in [0.29, 0.717) is 0 Å². The van der Waals surface area contributed by atoms with Gasteiger partial charge < -0.3 is 5.32 Å². The number of fused-ring (bicyclic) bond motifs is 2. The molecule has 3 aromatic rings. The molecule has 26 heavy (non-hydrogen) atoms. The molecule has 0 aromatic carbocycles. The molecule has 0 bridgehead atoms. The van der Waals surface area contributed by atoms with Crippen molar-refractivity contribution in [1.29, 1.82) is 0 Å². The topological polar surface area (TPSA) is 42.2 Å². The number of hydrogen-bond acceptors (Lipinski definition) is 4. The third-order valence-corrected chi connectivity index (χ3v) is 5.04. The Morgan fingerprint density at radius 3 is 2.77 bits per heavy atom. The van der Waals surface area contributed by atoms with Crippen molar-refractivity contribution in [3.63, 3.8) is 0 Å². The number of hydrogen-bond donors (Lipinski definition) is 1. The summed E-state index contributed by atoms with van der Waals surface area (Å²) in [6.45, 7) is 3.02. The molecule has 0 saturated heterocycles. The highest BCUT2D eigenvalue weighted by molar-refractivity contribution is 7.13. The van der Waals surface area contributed by atoms with E-state index in [9.17, 15) is 0 Å². The molecule has 0 atom stereocenters. The van der Waals surface area contributed by atoms with Gasteiger partial charge in [-0.3, -0.25) is 9.38 Å². The number of anilines is 1. The van der Waals surface area contributed by atoms with Crippen LogP contribution in [0.15, 0.2) is 54.3 Å². The Hall–Kier alpha value is -3.10. The van der Waals surface area contributed by atoms with Gasteiger partial charge in [0.05, 0.1) is 11.1 Å². The Morgan fingerprint density at radius 2 is 2.12 bits per heavy atom. The number of nitrogens with one attached hydrogen (secondary N) is 1. The van der Waals surface area contributed by atoms with Crippen molar-refractivity contribution < 1.29 is 0 Å². The second-order valence-corrected chi connectivity index (χ2v) is 6.84. The van der Waals surface area contributed by atoms with E-state index < -0.39 is 0 Å². The van der Waals surface area contributed by atoms with Crippen molar-refractivity contribution in [2.24, 2.45) is 0 Å². The van der Waals surface area contributed by atoms with Crippen LogP contribution in [0.25, 0.3) is 27.3 Å². The van der Waals surface area contributed by atoms with Crippen LogP contribution < -0.4 is 5.32 Å². The first-order chi connectivity index (χ1) is 12.8. The van der Waals surface area contributed by atoms with Crippen LogP contribution in [0.3, 0.4) is 0 Å². The zero-order chi connectivity index (χ0) is 17.9. The molecular weight excluding hydrogens is 340 g/mol. The van der Waals surface area contributed by atoms with Crippen LogP contribution in [0, 0.1) is 12.3 Å². The third kappa shape index (κ3) is 3.07. The maximum atomic E-state index is 5.57. The number of thiophene rings is 1. The fourth-order valence-corrected chi connectivity index (χ4v) is 3.61. The Morgan fingerprint density at radius 1 is 1.27 bits per heavy atom. The van der Waals surface area contributed by atoms with Crippen molar-refractivity contribution in [3.05, 3.63) is 59.9 Å². The van der Waals surface area contributed by atoms with Crippen LogP contribution in [0.2, 0.25) is 0 Å². The van der Waals surface area contributed by atoms with Crippen molar-refractivity contribution in [2.45, 2.75) is 13.3 Å². The van der Waals surface area contributed by atoms with Gasteiger partial charge in [-0.1, -0.05) is 31.0 Å². The Labute approximate surface area is 156 Å². The second kappa shape index (κ2) is 7.03. The van der Waals surface area contributed by atoms with Crippen LogP contribution in [0.1, 0.15) is 18.9 Å². The molecule has 0 spiro atoms. The van der Waals surface area contributed by atoms with Crippen LogP contribution in [-0.2, 0) is 0 Å². The first kappa shape index (κ1) is 16.4. The molecule has 4 nitrogen and oxygen atoms in total. The van der Waals surface area contributed by atoms with Gasteiger partial charge in [0.25, 0.3) is 0 Å². The molecule has 0 unspecified atom stereocenters. The summed E-state index contributed by atoms with van der Waals surface area (Å²) >= 11 is 1.61. The lowest BCUT2D eigenvalue weighted by Crippen LogP contribution is -2.03. The minimum Gasteiger partial charge on any atom is -0.369 e. The molecule has 128 valence electrons. The highest BCUT2D eigenvalue weighted by atomic mass is 32.1. The molecule has 5 heteroatoms. The lowest BCUT2D eigenvalue weighted by Gasteiger charge is -2.06. The van der Waals surface area contributed by atoms with Crippen molar-refractivity contribution in [3.8, 4) is 34.0 Å². The van der Waals surface area contributed by atoms with Crippen LogP contribution in [-0.4, -0.2) is 20.9 Å². The zero-order valence-electron chi connectivity index (χ0n) is 14.4. The van der Waals surface area contributed by atoms with Gasteiger partial charge in [0.2, 0.25) is 0 Å². The largest absolute Gasteiger partial charge is 0.369 e. The molecule has 0 aliphatic heterocycles. The average molecular weight is 358 g/mol. The number of benzene rings is 1. The van der Waals surface area contributed by atoms with Gasteiger partial charge in [-0.2, -0.15) is 0 Å². The molecule has 3 aromatic heterocycles. The summed E-state index contributed by atoms with van der Waals surface area (Å²) in [6.07, 6.45) is 12.0. The van der Waals surface area contributed by atoms with E-state index in [1.165, 1.54) is 11.1 Å². The van der Waals surface area contributed by atoms with Gasteiger partial charge in [-0.05, 0) is 35.1 Å².